The fourth-order valence-corrected chi connectivity index (χ4v) is 4.39. The largest absolute Gasteiger partial charge is 0.446 e. The van der Waals surface area contributed by atoms with Crippen LogP contribution < -0.4 is 16.2 Å². The van der Waals surface area contributed by atoms with Gasteiger partial charge < -0.3 is 5.32 Å². The summed E-state index contributed by atoms with van der Waals surface area (Å²) in [4.78, 5) is 53.8. The van der Waals surface area contributed by atoms with E-state index in [9.17, 15) is 32.3 Å². The number of nitrogens with zero attached hydrogens (tertiary/aromatic N) is 2. The van der Waals surface area contributed by atoms with Crippen molar-refractivity contribution in [3.63, 3.8) is 0 Å². The first-order valence-electron chi connectivity index (χ1n) is 10.5. The van der Waals surface area contributed by atoms with Crippen molar-refractivity contribution in [2.24, 2.45) is 0 Å². The number of thioether (sulfide) groups is 1. The first kappa shape index (κ1) is 24.5. The highest BCUT2D eigenvalue weighted by Gasteiger charge is 2.31. The van der Waals surface area contributed by atoms with E-state index < -0.39 is 34.8 Å². The molecule has 0 radical (unpaired) electrons. The molecule has 35 heavy (non-hydrogen) atoms. The lowest BCUT2D eigenvalue weighted by molar-refractivity contribution is -0.135. The van der Waals surface area contributed by atoms with Gasteiger partial charge in [0.15, 0.2) is 0 Å². The number of halogens is 3. The zero-order chi connectivity index (χ0) is 25.3. The molecule has 3 amide bonds. The van der Waals surface area contributed by atoms with Gasteiger partial charge in [-0.3, -0.25) is 29.1 Å². The first-order valence-corrected chi connectivity index (χ1v) is 11.3. The Hall–Kier alpha value is -3.67. The summed E-state index contributed by atoms with van der Waals surface area (Å²) in [6.45, 7) is 1.66. The first-order chi connectivity index (χ1) is 16.5. The molecule has 0 bridgehead atoms. The molecule has 2 heterocycles. The molecule has 0 spiro atoms. The van der Waals surface area contributed by atoms with Gasteiger partial charge in [-0.05, 0) is 67.1 Å². The van der Waals surface area contributed by atoms with Crippen molar-refractivity contribution in [1.82, 2.24) is 20.2 Å². The summed E-state index contributed by atoms with van der Waals surface area (Å²) < 4.78 is 38.6. The minimum Gasteiger partial charge on any atom is -0.348 e. The van der Waals surface area contributed by atoms with Gasteiger partial charge >= 0.3 is 5.51 Å². The lowest BCUT2D eigenvalue weighted by Gasteiger charge is -2.24. The third-order valence-electron chi connectivity index (χ3n) is 5.47. The van der Waals surface area contributed by atoms with Gasteiger partial charge in [-0.15, -0.1) is 0 Å². The molecule has 3 aromatic rings. The number of benzene rings is 2. The monoisotopic (exact) mass is 504 g/mol. The topological polar surface area (TPSA) is 110 Å². The average Bonchev–Trinajstić information content (AvgIpc) is 2.78. The molecule has 1 aliphatic rings. The standard InChI is InChI=1S/C23H19F3N4O4S/c1-12-28-17-7-2-13(10-16(17)22(34)30(12)18-8-9-19(31)29-21(18)33)11-27-20(32)14-3-5-15(6-4-14)35-23(24,25)26/h2-7,10,18H,8-9,11H2,1H3,(H,27,32)(H,29,31,33)/t18-/m1/s1. The van der Waals surface area contributed by atoms with E-state index in [1.807, 2.05) is 0 Å². The van der Waals surface area contributed by atoms with E-state index in [-0.39, 0.29) is 47.0 Å². The Morgan fingerprint density at radius 3 is 2.54 bits per heavy atom. The minimum absolute atomic E-state index is 0.0290. The second-order valence-corrected chi connectivity index (χ2v) is 9.05. The summed E-state index contributed by atoms with van der Waals surface area (Å²) in [5, 5.41) is 5.15. The summed E-state index contributed by atoms with van der Waals surface area (Å²) in [6, 6.07) is 9.07. The highest BCUT2D eigenvalue weighted by molar-refractivity contribution is 8.00. The molecule has 4 rings (SSSR count). The molecule has 1 atom stereocenters. The van der Waals surface area contributed by atoms with E-state index in [4.69, 9.17) is 0 Å². The third-order valence-corrected chi connectivity index (χ3v) is 6.21. The van der Waals surface area contributed by atoms with E-state index in [0.29, 0.717) is 16.9 Å². The molecule has 1 aromatic heterocycles. The quantitative estimate of drug-likeness (QED) is 0.408. The molecule has 2 N–H and O–H groups in total. The fraction of sp³-hybridized carbons (Fsp3) is 0.261. The van der Waals surface area contributed by atoms with Crippen molar-refractivity contribution in [2.75, 3.05) is 0 Å². The van der Waals surface area contributed by atoms with Gasteiger partial charge in [0.1, 0.15) is 11.9 Å². The van der Waals surface area contributed by atoms with Crippen molar-refractivity contribution in [1.29, 1.82) is 0 Å². The second-order valence-electron chi connectivity index (χ2n) is 7.91. The lowest BCUT2D eigenvalue weighted by Crippen LogP contribution is -2.45. The van der Waals surface area contributed by atoms with E-state index in [0.717, 1.165) is 0 Å². The van der Waals surface area contributed by atoms with E-state index in [1.54, 1.807) is 25.1 Å². The molecule has 182 valence electrons. The van der Waals surface area contributed by atoms with Crippen LogP contribution in [-0.4, -0.2) is 32.8 Å². The Morgan fingerprint density at radius 1 is 1.17 bits per heavy atom. The molecule has 0 unspecified atom stereocenters. The number of fused-ring (bicyclic) bond motifs is 1. The molecule has 8 nitrogen and oxygen atoms in total. The molecule has 12 heteroatoms. The average molecular weight is 504 g/mol. The van der Waals surface area contributed by atoms with Crippen LogP contribution in [0.1, 0.15) is 40.6 Å². The van der Waals surface area contributed by atoms with Gasteiger partial charge in [0.05, 0.1) is 10.9 Å². The Balaban J connectivity index is 1.52. The van der Waals surface area contributed by atoms with Gasteiger partial charge in [0.25, 0.3) is 11.5 Å². The van der Waals surface area contributed by atoms with Gasteiger partial charge in [-0.25, -0.2) is 4.98 Å². The Morgan fingerprint density at radius 2 is 1.89 bits per heavy atom. The van der Waals surface area contributed by atoms with Crippen LogP contribution in [0.3, 0.4) is 0 Å². The minimum atomic E-state index is -4.41. The van der Waals surface area contributed by atoms with E-state index in [2.05, 4.69) is 15.6 Å². The van der Waals surface area contributed by atoms with E-state index in [1.165, 1.54) is 28.8 Å². The lowest BCUT2D eigenvalue weighted by atomic mass is 10.0. The second kappa shape index (κ2) is 9.53. The highest BCUT2D eigenvalue weighted by Crippen LogP contribution is 2.36. The number of amides is 3. The normalized spacial score (nSPS) is 16.3. The van der Waals surface area contributed by atoms with Crippen LogP contribution in [0.2, 0.25) is 0 Å². The van der Waals surface area contributed by atoms with Crippen molar-refractivity contribution >= 4 is 40.4 Å². The van der Waals surface area contributed by atoms with Crippen molar-refractivity contribution in [2.45, 2.75) is 42.8 Å². The van der Waals surface area contributed by atoms with Crippen LogP contribution in [0.25, 0.3) is 10.9 Å². The molecular formula is C23H19F3N4O4S. The Kier molecular flexibility index (Phi) is 6.66. The maximum atomic E-state index is 13.2. The number of imide groups is 1. The van der Waals surface area contributed by atoms with Crippen molar-refractivity contribution < 1.29 is 27.6 Å². The van der Waals surface area contributed by atoms with Crippen LogP contribution in [0.5, 0.6) is 0 Å². The zero-order valence-corrected chi connectivity index (χ0v) is 19.1. The van der Waals surface area contributed by atoms with Crippen LogP contribution >= 0.6 is 11.8 Å². The molecule has 0 aliphatic carbocycles. The number of carbonyl (C=O) groups excluding carboxylic acids is 3. The Bertz CT molecular complexity index is 1390. The van der Waals surface area contributed by atoms with Crippen LogP contribution in [0.4, 0.5) is 13.2 Å². The van der Waals surface area contributed by atoms with Gasteiger partial charge in [-0.2, -0.15) is 13.2 Å². The third kappa shape index (κ3) is 5.53. The molecular weight excluding hydrogens is 485 g/mol. The number of hydrogen-bond donors (Lipinski definition) is 2. The molecule has 1 fully saturated rings. The maximum Gasteiger partial charge on any atom is 0.446 e. The summed E-state index contributed by atoms with van der Waals surface area (Å²) in [5.41, 5.74) is -3.65. The number of aromatic nitrogens is 2. The summed E-state index contributed by atoms with van der Waals surface area (Å²) in [7, 11) is 0. The predicted molar refractivity (Wildman–Crippen MR) is 122 cm³/mol. The number of alkyl halides is 3. The molecule has 2 aromatic carbocycles. The number of piperidine rings is 1. The smallest absolute Gasteiger partial charge is 0.348 e. The SMILES string of the molecule is Cc1nc2ccc(CNC(=O)c3ccc(SC(F)(F)F)cc3)cc2c(=O)n1[C@@H]1CCC(=O)NC1=O. The number of rotatable bonds is 5. The van der Waals surface area contributed by atoms with Crippen LogP contribution in [0.15, 0.2) is 52.2 Å². The van der Waals surface area contributed by atoms with Gasteiger partial charge in [-0.1, -0.05) is 6.07 Å². The highest BCUT2D eigenvalue weighted by atomic mass is 32.2. The molecule has 1 aliphatic heterocycles. The molecule has 0 saturated carbocycles. The maximum absolute atomic E-state index is 13.2. The zero-order valence-electron chi connectivity index (χ0n) is 18.3. The predicted octanol–water partition coefficient (Wildman–Crippen LogP) is 3.22. The summed E-state index contributed by atoms with van der Waals surface area (Å²) in [6.07, 6.45) is 0.302. The van der Waals surface area contributed by atoms with E-state index >= 15 is 0 Å². The van der Waals surface area contributed by atoms with Gasteiger partial charge in [0, 0.05) is 23.4 Å². The van der Waals surface area contributed by atoms with Crippen LogP contribution in [0, 0.1) is 6.92 Å². The Labute approximate surface area is 200 Å². The fourth-order valence-electron chi connectivity index (χ4n) is 3.85. The molecule has 1 saturated heterocycles. The van der Waals surface area contributed by atoms with Crippen molar-refractivity contribution in [3.8, 4) is 0 Å². The number of carbonyl (C=O) groups is 3. The summed E-state index contributed by atoms with van der Waals surface area (Å²) >= 11 is -0.265. The van der Waals surface area contributed by atoms with Crippen molar-refractivity contribution in [3.05, 3.63) is 69.8 Å². The summed E-state index contributed by atoms with van der Waals surface area (Å²) in [5.74, 6) is -1.10. The number of nitrogens with one attached hydrogen (secondary N) is 2. The van der Waals surface area contributed by atoms with Gasteiger partial charge in [0.2, 0.25) is 11.8 Å². The number of aryl methyl sites for hydroxylation is 1. The van der Waals surface area contributed by atoms with Crippen LogP contribution in [-0.2, 0) is 16.1 Å². The number of hydrogen-bond acceptors (Lipinski definition) is 6.